The highest BCUT2D eigenvalue weighted by molar-refractivity contribution is 7.16. The summed E-state index contributed by atoms with van der Waals surface area (Å²) in [4.78, 5) is 24.8. The van der Waals surface area contributed by atoms with Gasteiger partial charge < -0.3 is 10.2 Å². The third-order valence-electron chi connectivity index (χ3n) is 5.28. The highest BCUT2D eigenvalue weighted by Crippen LogP contribution is 2.30. The van der Waals surface area contributed by atoms with Crippen molar-refractivity contribution < 1.29 is 4.79 Å². The number of piperidine rings is 1. The van der Waals surface area contributed by atoms with Crippen molar-refractivity contribution in [1.29, 1.82) is 0 Å². The Morgan fingerprint density at radius 2 is 2.04 bits per heavy atom. The number of fused-ring (bicyclic) bond motifs is 1. The molecule has 1 aliphatic heterocycles. The van der Waals surface area contributed by atoms with E-state index in [1.807, 2.05) is 0 Å². The summed E-state index contributed by atoms with van der Waals surface area (Å²) < 4.78 is 0. The second-order valence-corrected chi connectivity index (χ2v) is 7.86. The number of nitrogens with zero attached hydrogens (tertiary/aromatic N) is 3. The molecule has 1 amide bonds. The Hall–Kier alpha value is -1.69. The molecule has 1 saturated heterocycles. The molecule has 2 aliphatic rings. The lowest BCUT2D eigenvalue weighted by Gasteiger charge is -2.34. The molecule has 1 N–H and O–H groups in total. The van der Waals surface area contributed by atoms with Crippen molar-refractivity contribution in [3.63, 3.8) is 0 Å². The molecular weight excluding hydrogens is 320 g/mol. The molecule has 2 aromatic rings. The summed E-state index contributed by atoms with van der Waals surface area (Å²) in [7, 11) is 0. The fourth-order valence-corrected chi connectivity index (χ4v) is 4.71. The maximum atomic E-state index is 12.7. The van der Waals surface area contributed by atoms with Crippen LogP contribution in [0.3, 0.4) is 0 Å². The van der Waals surface area contributed by atoms with Crippen molar-refractivity contribution in [2.45, 2.75) is 51.0 Å². The Kier molecular flexibility index (Phi) is 4.65. The zero-order valence-corrected chi connectivity index (χ0v) is 14.7. The number of rotatable bonds is 3. The van der Waals surface area contributed by atoms with Crippen molar-refractivity contribution >= 4 is 33.3 Å². The molecule has 1 saturated carbocycles. The molecule has 3 heterocycles. The largest absolute Gasteiger partial charge is 0.355 e. The first-order valence-electron chi connectivity index (χ1n) is 9.05. The maximum absolute atomic E-state index is 12.7. The predicted molar refractivity (Wildman–Crippen MR) is 97.4 cm³/mol. The standard InChI is InChI=1S/C18H24N4OS/c23-17(21-14-6-2-1-3-7-14)13-5-4-9-22(11-13)16-15-8-10-24-18(15)20-12-19-16/h8,10,12-14H,1-7,9,11H2,(H,21,23)/t13-/m0/s1. The maximum Gasteiger partial charge on any atom is 0.225 e. The summed E-state index contributed by atoms with van der Waals surface area (Å²) in [5.74, 6) is 1.29. The number of thiophene rings is 1. The molecule has 128 valence electrons. The Morgan fingerprint density at radius 3 is 2.92 bits per heavy atom. The number of hydrogen-bond acceptors (Lipinski definition) is 5. The molecule has 0 bridgehead atoms. The number of amides is 1. The molecule has 0 aromatic carbocycles. The first-order chi connectivity index (χ1) is 11.8. The molecule has 1 atom stereocenters. The molecule has 2 aromatic heterocycles. The van der Waals surface area contributed by atoms with E-state index in [0.29, 0.717) is 6.04 Å². The Labute approximate surface area is 146 Å². The van der Waals surface area contributed by atoms with E-state index in [2.05, 4.69) is 31.6 Å². The van der Waals surface area contributed by atoms with Crippen molar-refractivity contribution in [3.05, 3.63) is 17.8 Å². The van der Waals surface area contributed by atoms with E-state index in [-0.39, 0.29) is 11.8 Å². The predicted octanol–water partition coefficient (Wildman–Crippen LogP) is 3.36. The van der Waals surface area contributed by atoms with E-state index >= 15 is 0 Å². The first kappa shape index (κ1) is 15.8. The van der Waals surface area contributed by atoms with E-state index in [9.17, 15) is 4.79 Å². The SMILES string of the molecule is O=C(NC1CCCCC1)[C@H]1CCCN(c2ncnc3sccc23)C1. The number of carbonyl (C=O) groups excluding carboxylic acids is 1. The van der Waals surface area contributed by atoms with Gasteiger partial charge in [-0.15, -0.1) is 11.3 Å². The molecule has 0 radical (unpaired) electrons. The smallest absolute Gasteiger partial charge is 0.225 e. The van der Waals surface area contributed by atoms with E-state index < -0.39 is 0 Å². The van der Waals surface area contributed by atoms with Crippen LogP contribution in [0.5, 0.6) is 0 Å². The van der Waals surface area contributed by atoms with Gasteiger partial charge in [0.15, 0.2) is 0 Å². The first-order valence-corrected chi connectivity index (χ1v) is 9.93. The summed E-state index contributed by atoms with van der Waals surface area (Å²) >= 11 is 1.64. The fraction of sp³-hybridized carbons (Fsp3) is 0.611. The van der Waals surface area contributed by atoms with Crippen LogP contribution in [0.2, 0.25) is 0 Å². The summed E-state index contributed by atoms with van der Waals surface area (Å²) in [5.41, 5.74) is 0. The van der Waals surface area contributed by atoms with Gasteiger partial charge in [0, 0.05) is 19.1 Å². The van der Waals surface area contributed by atoms with Gasteiger partial charge in [0.25, 0.3) is 0 Å². The van der Waals surface area contributed by atoms with Gasteiger partial charge in [0.05, 0.1) is 11.3 Å². The lowest BCUT2D eigenvalue weighted by atomic mass is 9.93. The van der Waals surface area contributed by atoms with E-state index in [0.717, 1.165) is 54.8 Å². The van der Waals surface area contributed by atoms with Crippen LogP contribution < -0.4 is 10.2 Å². The van der Waals surface area contributed by atoms with Crippen LogP contribution in [0.25, 0.3) is 10.2 Å². The van der Waals surface area contributed by atoms with Crippen LogP contribution in [0.15, 0.2) is 17.8 Å². The lowest BCUT2D eigenvalue weighted by molar-refractivity contribution is -0.126. The summed E-state index contributed by atoms with van der Waals surface area (Å²) in [6.45, 7) is 1.73. The van der Waals surface area contributed by atoms with Crippen molar-refractivity contribution in [2.24, 2.45) is 5.92 Å². The molecule has 0 unspecified atom stereocenters. The molecule has 0 spiro atoms. The molecule has 4 rings (SSSR count). The van der Waals surface area contributed by atoms with Gasteiger partial charge in [-0.05, 0) is 37.1 Å². The number of nitrogens with one attached hydrogen (secondary N) is 1. The summed E-state index contributed by atoms with van der Waals surface area (Å²) in [5, 5.41) is 6.46. The molecule has 1 aliphatic carbocycles. The second-order valence-electron chi connectivity index (χ2n) is 6.97. The Bertz CT molecular complexity index is 710. The summed E-state index contributed by atoms with van der Waals surface area (Å²) in [6.07, 6.45) is 9.75. The minimum absolute atomic E-state index is 0.0735. The minimum Gasteiger partial charge on any atom is -0.355 e. The topological polar surface area (TPSA) is 58.1 Å². The van der Waals surface area contributed by atoms with Crippen molar-refractivity contribution in [1.82, 2.24) is 15.3 Å². The third kappa shape index (κ3) is 3.24. The highest BCUT2D eigenvalue weighted by Gasteiger charge is 2.29. The zero-order chi connectivity index (χ0) is 16.4. The van der Waals surface area contributed by atoms with Gasteiger partial charge in [-0.2, -0.15) is 0 Å². The number of anilines is 1. The number of hydrogen-bond donors (Lipinski definition) is 1. The van der Waals surface area contributed by atoms with E-state index in [4.69, 9.17) is 0 Å². The quantitative estimate of drug-likeness (QED) is 0.927. The van der Waals surface area contributed by atoms with Crippen LogP contribution in [0.1, 0.15) is 44.9 Å². The molecular formula is C18H24N4OS. The molecule has 24 heavy (non-hydrogen) atoms. The average Bonchev–Trinajstić information content (AvgIpc) is 3.11. The van der Waals surface area contributed by atoms with Crippen LogP contribution in [0, 0.1) is 5.92 Å². The normalized spacial score (nSPS) is 22.7. The van der Waals surface area contributed by atoms with Crippen molar-refractivity contribution in [3.8, 4) is 0 Å². The van der Waals surface area contributed by atoms with Gasteiger partial charge in [0.1, 0.15) is 17.0 Å². The fourth-order valence-electron chi connectivity index (χ4n) is 3.98. The van der Waals surface area contributed by atoms with E-state index in [1.165, 1.54) is 19.3 Å². The van der Waals surface area contributed by atoms with Crippen LogP contribution in [-0.2, 0) is 4.79 Å². The van der Waals surface area contributed by atoms with Crippen molar-refractivity contribution in [2.75, 3.05) is 18.0 Å². The molecule has 2 fully saturated rings. The van der Waals surface area contributed by atoms with Crippen LogP contribution in [-0.4, -0.2) is 35.0 Å². The van der Waals surface area contributed by atoms with Gasteiger partial charge in [0.2, 0.25) is 5.91 Å². The molecule has 6 heteroatoms. The third-order valence-corrected chi connectivity index (χ3v) is 6.10. The zero-order valence-electron chi connectivity index (χ0n) is 13.9. The second kappa shape index (κ2) is 7.05. The monoisotopic (exact) mass is 344 g/mol. The van der Waals surface area contributed by atoms with E-state index in [1.54, 1.807) is 17.7 Å². The molecule has 5 nitrogen and oxygen atoms in total. The van der Waals surface area contributed by atoms with Gasteiger partial charge >= 0.3 is 0 Å². The average molecular weight is 344 g/mol. The number of carbonyl (C=O) groups is 1. The van der Waals surface area contributed by atoms with Gasteiger partial charge in [-0.3, -0.25) is 4.79 Å². The lowest BCUT2D eigenvalue weighted by Crippen LogP contribution is -2.46. The summed E-state index contributed by atoms with van der Waals surface area (Å²) in [6, 6.07) is 2.48. The van der Waals surface area contributed by atoms with Gasteiger partial charge in [-0.1, -0.05) is 19.3 Å². The Balaban J connectivity index is 1.45. The minimum atomic E-state index is 0.0735. The Morgan fingerprint density at radius 1 is 1.17 bits per heavy atom. The van der Waals surface area contributed by atoms with Gasteiger partial charge in [-0.25, -0.2) is 9.97 Å². The van der Waals surface area contributed by atoms with Crippen LogP contribution >= 0.6 is 11.3 Å². The number of aromatic nitrogens is 2. The highest BCUT2D eigenvalue weighted by atomic mass is 32.1. The van der Waals surface area contributed by atoms with Crippen LogP contribution in [0.4, 0.5) is 5.82 Å².